The van der Waals surface area contributed by atoms with Crippen molar-refractivity contribution in [2.75, 3.05) is 12.3 Å². The van der Waals surface area contributed by atoms with Gasteiger partial charge >= 0.3 is 0 Å². The maximum Gasteiger partial charge on any atom is 0.233 e. The summed E-state index contributed by atoms with van der Waals surface area (Å²) in [5.74, 6) is 1.28. The summed E-state index contributed by atoms with van der Waals surface area (Å²) in [6.45, 7) is 0.822. The number of aromatic nitrogens is 3. The molecule has 0 saturated carbocycles. The second-order valence-electron chi connectivity index (χ2n) is 7.39. The third kappa shape index (κ3) is 4.16. The van der Waals surface area contributed by atoms with E-state index in [1.807, 2.05) is 70.1 Å². The predicted octanol–water partition coefficient (Wildman–Crippen LogP) is 5.45. The van der Waals surface area contributed by atoms with E-state index in [2.05, 4.69) is 27.7 Å². The van der Waals surface area contributed by atoms with E-state index in [0.29, 0.717) is 5.75 Å². The number of thioether (sulfide) groups is 1. The minimum absolute atomic E-state index is 0.157. The molecule has 5 nitrogen and oxygen atoms in total. The summed E-state index contributed by atoms with van der Waals surface area (Å²) in [4.78, 5) is 16.4. The maximum absolute atomic E-state index is 13.1. The zero-order valence-electron chi connectivity index (χ0n) is 16.9. The van der Waals surface area contributed by atoms with Crippen LogP contribution in [0, 0.1) is 0 Å². The molecule has 4 aromatic rings. The van der Waals surface area contributed by atoms with Crippen molar-refractivity contribution in [2.45, 2.75) is 24.0 Å². The van der Waals surface area contributed by atoms with Crippen LogP contribution in [0.4, 0.5) is 0 Å². The number of thiophene rings is 1. The smallest absolute Gasteiger partial charge is 0.233 e. The Labute approximate surface area is 189 Å². The lowest BCUT2D eigenvalue weighted by atomic mass is 10.2. The van der Waals surface area contributed by atoms with Crippen molar-refractivity contribution in [2.24, 2.45) is 0 Å². The molecule has 2 aromatic carbocycles. The van der Waals surface area contributed by atoms with Gasteiger partial charge in [0.05, 0.1) is 11.8 Å². The number of hydrogen-bond donors (Lipinski definition) is 0. The Balaban J connectivity index is 1.39. The molecule has 1 saturated heterocycles. The van der Waals surface area contributed by atoms with E-state index in [0.717, 1.165) is 41.6 Å². The van der Waals surface area contributed by atoms with Crippen molar-refractivity contribution in [3.05, 3.63) is 83.1 Å². The number of carbonyl (C=O) groups excluding carboxylic acids is 1. The highest BCUT2D eigenvalue weighted by Crippen LogP contribution is 2.35. The SMILES string of the molecule is O=C(CSc1nnc(-c2ccccc2)n1-c1ccccc1)N1CCCC1c1cccs1. The summed E-state index contributed by atoms with van der Waals surface area (Å²) in [7, 11) is 0. The van der Waals surface area contributed by atoms with E-state index in [9.17, 15) is 4.79 Å². The first-order valence-corrected chi connectivity index (χ1v) is 12.2. The lowest BCUT2D eigenvalue weighted by Crippen LogP contribution is -2.31. The monoisotopic (exact) mass is 446 g/mol. The summed E-state index contributed by atoms with van der Waals surface area (Å²) in [6.07, 6.45) is 2.09. The molecule has 31 heavy (non-hydrogen) atoms. The van der Waals surface area contributed by atoms with Gasteiger partial charge in [0.2, 0.25) is 5.91 Å². The van der Waals surface area contributed by atoms with Crippen LogP contribution in [-0.2, 0) is 4.79 Å². The molecule has 1 unspecified atom stereocenters. The molecule has 0 spiro atoms. The Kier molecular flexibility index (Phi) is 5.86. The van der Waals surface area contributed by atoms with Crippen LogP contribution < -0.4 is 0 Å². The second kappa shape index (κ2) is 9.08. The molecule has 156 valence electrons. The lowest BCUT2D eigenvalue weighted by Gasteiger charge is -2.23. The molecule has 3 heterocycles. The van der Waals surface area contributed by atoms with Gasteiger partial charge in [-0.05, 0) is 36.4 Å². The van der Waals surface area contributed by atoms with Gasteiger partial charge in [-0.2, -0.15) is 0 Å². The molecule has 1 amide bonds. The fourth-order valence-corrected chi connectivity index (χ4v) is 5.71. The third-order valence-corrected chi connectivity index (χ3v) is 7.34. The van der Waals surface area contributed by atoms with Crippen LogP contribution in [-0.4, -0.2) is 37.9 Å². The van der Waals surface area contributed by atoms with Gasteiger partial charge in [-0.25, -0.2) is 0 Å². The molecule has 2 aromatic heterocycles. The first-order chi connectivity index (χ1) is 15.3. The van der Waals surface area contributed by atoms with Crippen molar-refractivity contribution in [1.82, 2.24) is 19.7 Å². The fourth-order valence-electron chi connectivity index (χ4n) is 4.00. The maximum atomic E-state index is 13.1. The molecular formula is C24H22N4OS2. The molecular weight excluding hydrogens is 424 g/mol. The van der Waals surface area contributed by atoms with Gasteiger partial charge in [0.15, 0.2) is 11.0 Å². The van der Waals surface area contributed by atoms with E-state index >= 15 is 0 Å². The summed E-state index contributed by atoms with van der Waals surface area (Å²) >= 11 is 3.18. The van der Waals surface area contributed by atoms with Gasteiger partial charge in [0.1, 0.15) is 0 Å². The molecule has 7 heteroatoms. The number of benzene rings is 2. The van der Waals surface area contributed by atoms with E-state index in [-0.39, 0.29) is 11.9 Å². The Morgan fingerprint density at radius 3 is 2.52 bits per heavy atom. The number of carbonyl (C=O) groups is 1. The number of para-hydroxylation sites is 1. The van der Waals surface area contributed by atoms with Crippen molar-refractivity contribution in [1.29, 1.82) is 0 Å². The molecule has 1 fully saturated rings. The largest absolute Gasteiger partial charge is 0.334 e. The molecule has 1 aliphatic rings. The van der Waals surface area contributed by atoms with Crippen LogP contribution in [0.25, 0.3) is 17.1 Å². The Bertz CT molecular complexity index is 1140. The lowest BCUT2D eigenvalue weighted by molar-refractivity contribution is -0.129. The number of rotatable bonds is 6. The van der Waals surface area contributed by atoms with Gasteiger partial charge in [-0.3, -0.25) is 9.36 Å². The van der Waals surface area contributed by atoms with Crippen LogP contribution in [0.5, 0.6) is 0 Å². The zero-order chi connectivity index (χ0) is 21.0. The van der Waals surface area contributed by atoms with Crippen LogP contribution in [0.2, 0.25) is 0 Å². The van der Waals surface area contributed by atoms with Crippen molar-refractivity contribution in [3.63, 3.8) is 0 Å². The Hall–Kier alpha value is -2.90. The van der Waals surface area contributed by atoms with E-state index < -0.39 is 0 Å². The second-order valence-corrected chi connectivity index (χ2v) is 9.31. The van der Waals surface area contributed by atoms with Crippen LogP contribution in [0.3, 0.4) is 0 Å². The van der Waals surface area contributed by atoms with E-state index in [1.54, 1.807) is 11.3 Å². The van der Waals surface area contributed by atoms with Crippen molar-refractivity contribution < 1.29 is 4.79 Å². The predicted molar refractivity (Wildman–Crippen MR) is 126 cm³/mol. The number of nitrogens with zero attached hydrogens (tertiary/aromatic N) is 4. The third-order valence-electron chi connectivity index (χ3n) is 5.45. The van der Waals surface area contributed by atoms with Crippen molar-refractivity contribution in [3.8, 4) is 17.1 Å². The van der Waals surface area contributed by atoms with Gasteiger partial charge in [0, 0.05) is 22.7 Å². The summed E-state index contributed by atoms with van der Waals surface area (Å²) in [5, 5.41) is 11.7. The molecule has 0 radical (unpaired) electrons. The van der Waals surface area contributed by atoms with E-state index in [4.69, 9.17) is 0 Å². The van der Waals surface area contributed by atoms with Crippen molar-refractivity contribution >= 4 is 29.0 Å². The molecule has 0 N–H and O–H groups in total. The standard InChI is InChI=1S/C24H22N4OS2/c29-22(27-15-7-13-20(27)21-14-8-16-30-21)17-31-24-26-25-23(18-9-3-1-4-10-18)28(24)19-11-5-2-6-12-19/h1-6,8-12,14,16,20H,7,13,15,17H2. The zero-order valence-corrected chi connectivity index (χ0v) is 18.6. The topological polar surface area (TPSA) is 51.0 Å². The highest BCUT2D eigenvalue weighted by atomic mass is 32.2. The molecule has 0 bridgehead atoms. The van der Waals surface area contributed by atoms with E-state index in [1.165, 1.54) is 16.6 Å². The average molecular weight is 447 g/mol. The molecule has 0 aliphatic carbocycles. The van der Waals surface area contributed by atoms with Gasteiger partial charge in [-0.1, -0.05) is 66.4 Å². The van der Waals surface area contributed by atoms with Gasteiger partial charge in [0.25, 0.3) is 0 Å². The molecule has 1 atom stereocenters. The number of hydrogen-bond acceptors (Lipinski definition) is 5. The minimum Gasteiger partial charge on any atom is -0.334 e. The quantitative estimate of drug-likeness (QED) is 0.370. The van der Waals surface area contributed by atoms with Crippen LogP contribution >= 0.6 is 23.1 Å². The van der Waals surface area contributed by atoms with Gasteiger partial charge < -0.3 is 4.90 Å². The number of amides is 1. The Morgan fingerprint density at radius 2 is 1.77 bits per heavy atom. The first-order valence-electron chi connectivity index (χ1n) is 10.3. The number of likely N-dealkylation sites (tertiary alicyclic amines) is 1. The average Bonchev–Trinajstić information content (AvgIpc) is 3.59. The normalized spacial score (nSPS) is 16.0. The highest BCUT2D eigenvalue weighted by molar-refractivity contribution is 7.99. The summed E-state index contributed by atoms with van der Waals surface area (Å²) in [5.41, 5.74) is 1.98. The van der Waals surface area contributed by atoms with Crippen LogP contribution in [0.1, 0.15) is 23.8 Å². The Morgan fingerprint density at radius 1 is 1.00 bits per heavy atom. The van der Waals surface area contributed by atoms with Gasteiger partial charge in [-0.15, -0.1) is 21.5 Å². The van der Waals surface area contributed by atoms with Crippen LogP contribution in [0.15, 0.2) is 83.3 Å². The minimum atomic E-state index is 0.157. The highest BCUT2D eigenvalue weighted by Gasteiger charge is 2.30. The molecule has 1 aliphatic heterocycles. The first kappa shape index (κ1) is 20.0. The summed E-state index contributed by atoms with van der Waals surface area (Å²) in [6, 6.07) is 24.5. The summed E-state index contributed by atoms with van der Waals surface area (Å²) < 4.78 is 2.04. The molecule has 5 rings (SSSR count). The fraction of sp³-hybridized carbons (Fsp3) is 0.208.